The summed E-state index contributed by atoms with van der Waals surface area (Å²) >= 11 is 1.84. The molecule has 3 N–H and O–H groups in total. The van der Waals surface area contributed by atoms with Gasteiger partial charge in [0, 0.05) is 23.8 Å². The average Bonchev–Trinajstić information content (AvgIpc) is 2.91. The molecular formula is C15H22N4S. The van der Waals surface area contributed by atoms with E-state index in [0.717, 1.165) is 30.1 Å². The van der Waals surface area contributed by atoms with Crippen molar-refractivity contribution in [2.24, 2.45) is 5.84 Å². The van der Waals surface area contributed by atoms with E-state index < -0.39 is 0 Å². The van der Waals surface area contributed by atoms with Crippen LogP contribution >= 0.6 is 11.8 Å². The van der Waals surface area contributed by atoms with E-state index in [1.165, 1.54) is 4.90 Å². The number of benzene rings is 1. The van der Waals surface area contributed by atoms with Gasteiger partial charge in [-0.25, -0.2) is 10.4 Å². The molecule has 1 heterocycles. The minimum atomic E-state index is -0.0720. The molecule has 1 atom stereocenters. The highest BCUT2D eigenvalue weighted by molar-refractivity contribution is 7.99. The van der Waals surface area contributed by atoms with Crippen LogP contribution in [0.2, 0.25) is 0 Å². The number of thioether (sulfide) groups is 1. The van der Waals surface area contributed by atoms with Crippen LogP contribution in [0.3, 0.4) is 0 Å². The Morgan fingerprint density at radius 1 is 1.30 bits per heavy atom. The Bertz CT molecular complexity index is 521. The zero-order valence-electron chi connectivity index (χ0n) is 12.0. The van der Waals surface area contributed by atoms with Gasteiger partial charge in [-0.15, -0.1) is 11.8 Å². The maximum Gasteiger partial charge on any atom is 0.131 e. The molecule has 4 nitrogen and oxygen atoms in total. The Balaban J connectivity index is 2.24. The maximum atomic E-state index is 5.75. The van der Waals surface area contributed by atoms with Crippen LogP contribution in [0.15, 0.2) is 41.6 Å². The van der Waals surface area contributed by atoms with Gasteiger partial charge >= 0.3 is 0 Å². The fraction of sp³-hybridized carbons (Fsp3) is 0.400. The van der Waals surface area contributed by atoms with Gasteiger partial charge in [-0.1, -0.05) is 26.0 Å². The summed E-state index contributed by atoms with van der Waals surface area (Å²) in [5.74, 6) is 7.79. The number of nitrogens with one attached hydrogen (secondary N) is 1. The summed E-state index contributed by atoms with van der Waals surface area (Å²) in [6, 6.07) is 8.44. The summed E-state index contributed by atoms with van der Waals surface area (Å²) in [6.45, 7) is 5.27. The van der Waals surface area contributed by atoms with E-state index in [4.69, 9.17) is 5.84 Å². The van der Waals surface area contributed by atoms with Crippen molar-refractivity contribution in [2.75, 3.05) is 5.75 Å². The molecule has 0 saturated heterocycles. The van der Waals surface area contributed by atoms with Gasteiger partial charge in [0.2, 0.25) is 0 Å². The molecule has 1 unspecified atom stereocenters. The normalized spacial score (nSPS) is 12.6. The van der Waals surface area contributed by atoms with Gasteiger partial charge < -0.3 is 4.57 Å². The van der Waals surface area contributed by atoms with Crippen LogP contribution in [0.25, 0.3) is 0 Å². The highest BCUT2D eigenvalue weighted by Gasteiger charge is 2.17. The number of aromatic nitrogens is 2. The summed E-state index contributed by atoms with van der Waals surface area (Å²) in [5, 5.41) is 0. The molecule has 0 fully saturated rings. The van der Waals surface area contributed by atoms with Crippen LogP contribution in [0, 0.1) is 0 Å². The van der Waals surface area contributed by atoms with E-state index in [2.05, 4.69) is 53.1 Å². The average molecular weight is 290 g/mol. The molecule has 0 aliphatic carbocycles. The molecule has 20 heavy (non-hydrogen) atoms. The molecule has 0 aliphatic heterocycles. The van der Waals surface area contributed by atoms with Crippen LogP contribution < -0.4 is 11.3 Å². The summed E-state index contributed by atoms with van der Waals surface area (Å²) in [6.07, 6.45) is 4.91. The van der Waals surface area contributed by atoms with Gasteiger partial charge in [0.15, 0.2) is 0 Å². The Labute approximate surface area is 124 Å². The first-order valence-corrected chi connectivity index (χ1v) is 7.98. The van der Waals surface area contributed by atoms with Gasteiger partial charge in [0.1, 0.15) is 11.9 Å². The van der Waals surface area contributed by atoms with E-state index in [-0.39, 0.29) is 6.04 Å². The minimum Gasteiger partial charge on any atom is -0.333 e. The zero-order valence-corrected chi connectivity index (χ0v) is 12.9. The molecule has 2 aromatic rings. The van der Waals surface area contributed by atoms with Gasteiger partial charge in [0.25, 0.3) is 0 Å². The lowest BCUT2D eigenvalue weighted by atomic mass is 10.1. The van der Waals surface area contributed by atoms with Crippen molar-refractivity contribution in [3.63, 3.8) is 0 Å². The van der Waals surface area contributed by atoms with Crippen molar-refractivity contribution >= 4 is 11.8 Å². The smallest absolute Gasteiger partial charge is 0.131 e. The van der Waals surface area contributed by atoms with Crippen LogP contribution in [-0.4, -0.2) is 15.3 Å². The molecule has 108 valence electrons. The Morgan fingerprint density at radius 3 is 2.65 bits per heavy atom. The molecule has 0 radical (unpaired) electrons. The molecule has 0 aliphatic rings. The van der Waals surface area contributed by atoms with Gasteiger partial charge in [-0.05, 0) is 29.9 Å². The molecular weight excluding hydrogens is 268 g/mol. The Kier molecular flexibility index (Phi) is 5.64. The van der Waals surface area contributed by atoms with E-state index >= 15 is 0 Å². The largest absolute Gasteiger partial charge is 0.333 e. The highest BCUT2D eigenvalue weighted by Crippen LogP contribution is 2.24. The van der Waals surface area contributed by atoms with Crippen molar-refractivity contribution in [1.82, 2.24) is 15.0 Å². The predicted octanol–water partition coefficient (Wildman–Crippen LogP) is 2.96. The van der Waals surface area contributed by atoms with Crippen LogP contribution in [0.4, 0.5) is 0 Å². The van der Waals surface area contributed by atoms with Crippen molar-refractivity contribution < 1.29 is 0 Å². The topological polar surface area (TPSA) is 55.9 Å². The fourth-order valence-electron chi connectivity index (χ4n) is 2.25. The predicted molar refractivity (Wildman–Crippen MR) is 84.5 cm³/mol. The first kappa shape index (κ1) is 15.1. The molecule has 1 aromatic carbocycles. The Hall–Kier alpha value is -1.30. The van der Waals surface area contributed by atoms with Crippen molar-refractivity contribution in [1.29, 1.82) is 0 Å². The standard InChI is InChI=1S/C15H22N4S/c1-3-10-19-11-9-17-15(19)14(18-16)12-5-7-13(8-6-12)20-4-2/h5-9,11,14,18H,3-4,10,16H2,1-2H3. The number of hydrazine groups is 1. The number of nitrogens with two attached hydrogens (primary N) is 1. The molecule has 5 heteroatoms. The number of aryl methyl sites for hydroxylation is 1. The van der Waals surface area contributed by atoms with Crippen molar-refractivity contribution in [3.05, 3.63) is 48.0 Å². The lowest BCUT2D eigenvalue weighted by molar-refractivity contribution is 0.545. The second-order valence-corrected chi connectivity index (χ2v) is 5.92. The summed E-state index contributed by atoms with van der Waals surface area (Å²) in [5.41, 5.74) is 4.02. The first-order valence-electron chi connectivity index (χ1n) is 7.00. The van der Waals surface area contributed by atoms with Crippen LogP contribution in [0.5, 0.6) is 0 Å². The van der Waals surface area contributed by atoms with Crippen LogP contribution in [-0.2, 0) is 6.54 Å². The molecule has 0 amide bonds. The number of imidazole rings is 1. The highest BCUT2D eigenvalue weighted by atomic mass is 32.2. The van der Waals surface area contributed by atoms with E-state index in [9.17, 15) is 0 Å². The molecule has 0 bridgehead atoms. The van der Waals surface area contributed by atoms with Crippen LogP contribution in [0.1, 0.15) is 37.7 Å². The van der Waals surface area contributed by atoms with Crippen molar-refractivity contribution in [3.8, 4) is 0 Å². The molecule has 2 rings (SSSR count). The number of rotatable bonds is 7. The summed E-state index contributed by atoms with van der Waals surface area (Å²) in [4.78, 5) is 5.74. The van der Waals surface area contributed by atoms with Gasteiger partial charge in [0.05, 0.1) is 0 Å². The quantitative estimate of drug-likeness (QED) is 0.467. The van der Waals surface area contributed by atoms with E-state index in [1.54, 1.807) is 0 Å². The summed E-state index contributed by atoms with van der Waals surface area (Å²) in [7, 11) is 0. The maximum absolute atomic E-state index is 5.75. The first-order chi connectivity index (χ1) is 9.80. The molecule has 0 saturated carbocycles. The van der Waals surface area contributed by atoms with Crippen molar-refractivity contribution in [2.45, 2.75) is 37.8 Å². The third-order valence-electron chi connectivity index (χ3n) is 3.16. The lowest BCUT2D eigenvalue weighted by Gasteiger charge is -2.18. The number of hydrogen-bond acceptors (Lipinski definition) is 4. The fourth-order valence-corrected chi connectivity index (χ4v) is 2.92. The summed E-state index contributed by atoms with van der Waals surface area (Å²) < 4.78 is 2.15. The number of hydrogen-bond donors (Lipinski definition) is 2. The molecule has 0 spiro atoms. The lowest BCUT2D eigenvalue weighted by Crippen LogP contribution is -2.31. The third-order valence-corrected chi connectivity index (χ3v) is 4.06. The van der Waals surface area contributed by atoms with E-state index in [1.807, 2.05) is 24.2 Å². The second kappa shape index (κ2) is 7.47. The monoisotopic (exact) mass is 290 g/mol. The number of nitrogens with zero attached hydrogens (tertiary/aromatic N) is 2. The minimum absolute atomic E-state index is 0.0720. The second-order valence-electron chi connectivity index (χ2n) is 4.58. The Morgan fingerprint density at radius 2 is 2.05 bits per heavy atom. The van der Waals surface area contributed by atoms with Gasteiger partial charge in [-0.3, -0.25) is 5.84 Å². The third kappa shape index (κ3) is 3.42. The van der Waals surface area contributed by atoms with E-state index in [0.29, 0.717) is 0 Å². The zero-order chi connectivity index (χ0) is 14.4. The SMILES string of the molecule is CCCn1ccnc1C(NN)c1ccc(SCC)cc1. The van der Waals surface area contributed by atoms with Gasteiger partial charge in [-0.2, -0.15) is 0 Å². The molecule has 1 aromatic heterocycles.